The van der Waals surface area contributed by atoms with E-state index in [-0.39, 0.29) is 17.6 Å². The average Bonchev–Trinajstić information content (AvgIpc) is 2.93. The molecule has 1 amide bonds. The molecule has 0 saturated heterocycles. The molecule has 0 aliphatic heterocycles. The zero-order valence-corrected chi connectivity index (χ0v) is 16.9. The van der Waals surface area contributed by atoms with Crippen molar-refractivity contribution in [2.24, 2.45) is 11.3 Å². The molecule has 0 radical (unpaired) electrons. The Morgan fingerprint density at radius 1 is 1.31 bits per heavy atom. The number of allylic oxidation sites excluding steroid dienone is 1. The van der Waals surface area contributed by atoms with Crippen LogP contribution in [-0.2, 0) is 16.0 Å². The van der Waals surface area contributed by atoms with Crippen LogP contribution < -0.4 is 5.32 Å². The van der Waals surface area contributed by atoms with Crippen LogP contribution >= 0.6 is 0 Å². The molecular weight excluding hydrogens is 326 g/mol. The number of rotatable bonds is 8. The van der Waals surface area contributed by atoms with Gasteiger partial charge in [-0.3, -0.25) is 9.59 Å². The Labute approximate surface area is 157 Å². The molecule has 0 spiro atoms. The highest BCUT2D eigenvalue weighted by atomic mass is 16.5. The number of carbonyl (C=O) groups excluding carboxylic acids is 2. The summed E-state index contributed by atoms with van der Waals surface area (Å²) in [5.41, 5.74) is 3.46. The van der Waals surface area contributed by atoms with Crippen molar-refractivity contribution in [1.29, 1.82) is 0 Å². The van der Waals surface area contributed by atoms with Gasteiger partial charge in [-0.25, -0.2) is 0 Å². The van der Waals surface area contributed by atoms with E-state index in [1.54, 1.807) is 6.92 Å². The van der Waals surface area contributed by atoms with Crippen molar-refractivity contribution in [2.75, 3.05) is 13.2 Å². The lowest BCUT2D eigenvalue weighted by Gasteiger charge is -2.33. The first kappa shape index (κ1) is 20.2. The van der Waals surface area contributed by atoms with Gasteiger partial charge in [0.2, 0.25) is 0 Å². The van der Waals surface area contributed by atoms with Crippen molar-refractivity contribution < 1.29 is 14.3 Å². The summed E-state index contributed by atoms with van der Waals surface area (Å²) in [6, 6.07) is 5.74. The SMILES string of the molecule is CCNC(=O)c1ccc2c(c1)CC(C)=C2OCC(C)(C(C)=O)C(C)CC. The second-order valence-electron chi connectivity index (χ2n) is 7.59. The molecule has 26 heavy (non-hydrogen) atoms. The number of Topliss-reactive ketones (excluding diaryl/α,β-unsaturated/α-hetero) is 1. The van der Waals surface area contributed by atoms with E-state index < -0.39 is 5.41 Å². The smallest absolute Gasteiger partial charge is 0.251 e. The van der Waals surface area contributed by atoms with E-state index in [1.165, 1.54) is 0 Å². The molecule has 1 aliphatic rings. The fourth-order valence-electron chi connectivity index (χ4n) is 3.43. The number of hydrogen-bond donors (Lipinski definition) is 1. The zero-order valence-electron chi connectivity index (χ0n) is 16.9. The lowest BCUT2D eigenvalue weighted by Crippen LogP contribution is -2.37. The molecule has 0 fully saturated rings. The average molecular weight is 357 g/mol. The van der Waals surface area contributed by atoms with Crippen molar-refractivity contribution in [1.82, 2.24) is 5.32 Å². The van der Waals surface area contributed by atoms with Gasteiger partial charge in [-0.15, -0.1) is 0 Å². The maximum absolute atomic E-state index is 12.2. The summed E-state index contributed by atoms with van der Waals surface area (Å²) >= 11 is 0. The predicted octanol–water partition coefficient (Wildman–Crippen LogP) is 4.38. The van der Waals surface area contributed by atoms with E-state index >= 15 is 0 Å². The van der Waals surface area contributed by atoms with E-state index in [4.69, 9.17) is 4.74 Å². The van der Waals surface area contributed by atoms with Gasteiger partial charge in [-0.2, -0.15) is 0 Å². The van der Waals surface area contributed by atoms with Crippen molar-refractivity contribution in [3.8, 4) is 0 Å². The van der Waals surface area contributed by atoms with Crippen molar-refractivity contribution in [3.63, 3.8) is 0 Å². The summed E-state index contributed by atoms with van der Waals surface area (Å²) in [7, 11) is 0. The van der Waals surface area contributed by atoms with E-state index in [2.05, 4.69) is 26.1 Å². The molecule has 2 unspecified atom stereocenters. The number of fused-ring (bicyclic) bond motifs is 1. The van der Waals surface area contributed by atoms with Gasteiger partial charge in [0.15, 0.2) is 0 Å². The van der Waals surface area contributed by atoms with E-state index in [9.17, 15) is 9.59 Å². The van der Waals surface area contributed by atoms with Gasteiger partial charge in [-0.1, -0.05) is 26.3 Å². The minimum Gasteiger partial charge on any atom is -0.492 e. The normalized spacial score (nSPS) is 16.7. The quantitative estimate of drug-likeness (QED) is 0.751. The first-order chi connectivity index (χ1) is 12.2. The molecule has 1 aromatic rings. The maximum atomic E-state index is 12.2. The Kier molecular flexibility index (Phi) is 6.27. The number of amides is 1. The second kappa shape index (κ2) is 8.07. The lowest BCUT2D eigenvalue weighted by molar-refractivity contribution is -0.130. The Morgan fingerprint density at radius 2 is 2.00 bits per heavy atom. The predicted molar refractivity (Wildman–Crippen MR) is 105 cm³/mol. The van der Waals surface area contributed by atoms with Gasteiger partial charge in [0.1, 0.15) is 18.1 Å². The summed E-state index contributed by atoms with van der Waals surface area (Å²) in [6.45, 7) is 12.8. The van der Waals surface area contributed by atoms with Gasteiger partial charge in [-0.05, 0) is 63.3 Å². The third kappa shape index (κ3) is 3.84. The third-order valence-electron chi connectivity index (χ3n) is 5.81. The Hall–Kier alpha value is -2.10. The summed E-state index contributed by atoms with van der Waals surface area (Å²) in [6.07, 6.45) is 1.71. The van der Waals surface area contributed by atoms with Crippen molar-refractivity contribution in [2.45, 2.75) is 54.4 Å². The highest BCUT2D eigenvalue weighted by Gasteiger charge is 2.37. The fraction of sp³-hybridized carbons (Fsp3) is 0.545. The number of ketones is 1. The van der Waals surface area contributed by atoms with Gasteiger partial charge in [0, 0.05) is 17.7 Å². The summed E-state index contributed by atoms with van der Waals surface area (Å²) in [5.74, 6) is 1.22. The van der Waals surface area contributed by atoms with Crippen LogP contribution in [0.5, 0.6) is 0 Å². The summed E-state index contributed by atoms with van der Waals surface area (Å²) in [4.78, 5) is 24.3. The highest BCUT2D eigenvalue weighted by Crippen LogP contribution is 2.38. The van der Waals surface area contributed by atoms with Crippen LogP contribution in [0.25, 0.3) is 5.76 Å². The topological polar surface area (TPSA) is 55.4 Å². The third-order valence-corrected chi connectivity index (χ3v) is 5.81. The second-order valence-corrected chi connectivity index (χ2v) is 7.59. The van der Waals surface area contributed by atoms with E-state index in [0.717, 1.165) is 35.3 Å². The minimum absolute atomic E-state index is 0.0525. The number of hydrogen-bond acceptors (Lipinski definition) is 3. The van der Waals surface area contributed by atoms with Crippen molar-refractivity contribution in [3.05, 3.63) is 40.5 Å². The molecule has 2 atom stereocenters. The minimum atomic E-state index is -0.494. The molecular formula is C22H31NO3. The summed E-state index contributed by atoms with van der Waals surface area (Å²) in [5, 5.41) is 2.83. The van der Waals surface area contributed by atoms with Gasteiger partial charge >= 0.3 is 0 Å². The lowest BCUT2D eigenvalue weighted by atomic mass is 9.74. The maximum Gasteiger partial charge on any atom is 0.251 e. The molecule has 142 valence electrons. The first-order valence-corrected chi connectivity index (χ1v) is 9.49. The van der Waals surface area contributed by atoms with Crippen LogP contribution in [0.4, 0.5) is 0 Å². The molecule has 0 heterocycles. The number of nitrogens with one attached hydrogen (secondary N) is 1. The van der Waals surface area contributed by atoms with Crippen LogP contribution in [0.15, 0.2) is 23.8 Å². The van der Waals surface area contributed by atoms with E-state index in [0.29, 0.717) is 18.7 Å². The van der Waals surface area contributed by atoms with Crippen LogP contribution in [0.2, 0.25) is 0 Å². The van der Waals surface area contributed by atoms with Crippen molar-refractivity contribution >= 4 is 17.4 Å². The molecule has 1 N–H and O–H groups in total. The fourth-order valence-corrected chi connectivity index (χ4v) is 3.43. The van der Waals surface area contributed by atoms with Crippen LogP contribution in [0, 0.1) is 11.3 Å². The van der Waals surface area contributed by atoms with Gasteiger partial charge in [0.05, 0.1) is 5.41 Å². The number of carbonyl (C=O) groups is 2. The number of ether oxygens (including phenoxy) is 1. The summed E-state index contributed by atoms with van der Waals surface area (Å²) < 4.78 is 6.20. The molecule has 2 rings (SSSR count). The van der Waals surface area contributed by atoms with Crippen LogP contribution in [0.1, 0.15) is 69.4 Å². The van der Waals surface area contributed by atoms with Gasteiger partial charge in [0.25, 0.3) is 5.91 Å². The van der Waals surface area contributed by atoms with Crippen LogP contribution in [-0.4, -0.2) is 24.8 Å². The largest absolute Gasteiger partial charge is 0.492 e. The van der Waals surface area contributed by atoms with Gasteiger partial charge < -0.3 is 10.1 Å². The molecule has 4 nitrogen and oxygen atoms in total. The molecule has 1 aromatic carbocycles. The molecule has 0 aromatic heterocycles. The Bertz CT molecular complexity index is 735. The highest BCUT2D eigenvalue weighted by molar-refractivity contribution is 5.95. The first-order valence-electron chi connectivity index (χ1n) is 9.49. The zero-order chi connectivity index (χ0) is 19.5. The standard InChI is InChI=1S/C22H31NO3/c1-7-15(4)22(6,16(5)24)13-26-20-14(3)11-18-12-17(9-10-19(18)20)21(25)23-8-2/h9-10,12,15H,7-8,11,13H2,1-6H3,(H,23,25). The Morgan fingerprint density at radius 3 is 2.58 bits per heavy atom. The Balaban J connectivity index is 2.21. The molecule has 1 aliphatic carbocycles. The molecule has 0 bridgehead atoms. The van der Waals surface area contributed by atoms with E-state index in [1.807, 2.05) is 32.0 Å². The molecule has 0 saturated carbocycles. The van der Waals surface area contributed by atoms with Crippen LogP contribution in [0.3, 0.4) is 0 Å². The number of benzene rings is 1. The molecule has 4 heteroatoms. The monoisotopic (exact) mass is 357 g/mol.